The van der Waals surface area contributed by atoms with Crippen molar-refractivity contribution in [3.63, 3.8) is 0 Å². The van der Waals surface area contributed by atoms with Crippen molar-refractivity contribution in [3.05, 3.63) is 30.4 Å². The summed E-state index contributed by atoms with van der Waals surface area (Å²) in [5, 5.41) is 14.6. The average Bonchev–Trinajstić information content (AvgIpc) is 3.62. The number of aromatic amines is 1. The second kappa shape index (κ2) is 8.03. The van der Waals surface area contributed by atoms with Gasteiger partial charge >= 0.3 is 0 Å². The van der Waals surface area contributed by atoms with Gasteiger partial charge in [-0.15, -0.1) is 0 Å². The number of methoxy groups -OCH3 is 1. The van der Waals surface area contributed by atoms with Crippen LogP contribution in [-0.4, -0.2) is 72.5 Å². The molecule has 184 valence electrons. The number of nitrogens with zero attached hydrogens (tertiary/aromatic N) is 7. The highest BCUT2D eigenvalue weighted by atomic mass is 32.1. The largest absolute Gasteiger partial charge is 0.493 e. The second-order valence-corrected chi connectivity index (χ2v) is 11.6. The predicted molar refractivity (Wildman–Crippen MR) is 138 cm³/mol. The smallest absolute Gasteiger partial charge is 0.197 e. The Balaban J connectivity index is 1.35. The Morgan fingerprint density at radius 1 is 1.23 bits per heavy atom. The van der Waals surface area contributed by atoms with E-state index in [2.05, 4.69) is 59.6 Å². The van der Waals surface area contributed by atoms with Crippen molar-refractivity contribution in [2.75, 3.05) is 25.1 Å². The Kier molecular flexibility index (Phi) is 5.16. The highest BCUT2D eigenvalue weighted by Gasteiger charge is 2.52. The van der Waals surface area contributed by atoms with E-state index in [4.69, 9.17) is 14.8 Å². The maximum absolute atomic E-state index is 5.57. The molecule has 0 saturated carbocycles. The minimum absolute atomic E-state index is 0.242. The number of hydrogen-bond donors (Lipinski definition) is 1. The van der Waals surface area contributed by atoms with Crippen LogP contribution >= 0.6 is 11.3 Å². The molecule has 0 amide bonds. The maximum Gasteiger partial charge on any atom is 0.197 e. The Hall–Kier alpha value is -2.98. The van der Waals surface area contributed by atoms with Gasteiger partial charge in [-0.2, -0.15) is 10.2 Å². The van der Waals surface area contributed by atoms with Crippen LogP contribution in [0.2, 0.25) is 0 Å². The van der Waals surface area contributed by atoms with Gasteiger partial charge in [0, 0.05) is 48.0 Å². The van der Waals surface area contributed by atoms with Crippen molar-refractivity contribution in [1.82, 2.24) is 34.7 Å². The Labute approximate surface area is 209 Å². The quantitative estimate of drug-likeness (QED) is 0.426. The lowest BCUT2D eigenvalue weighted by atomic mass is 9.97. The highest BCUT2D eigenvalue weighted by Crippen LogP contribution is 2.46. The first-order valence-corrected chi connectivity index (χ1v) is 13.1. The van der Waals surface area contributed by atoms with Gasteiger partial charge in [-0.05, 0) is 39.2 Å². The van der Waals surface area contributed by atoms with E-state index in [-0.39, 0.29) is 11.5 Å². The van der Waals surface area contributed by atoms with Crippen molar-refractivity contribution in [1.29, 1.82) is 0 Å². The van der Waals surface area contributed by atoms with E-state index in [0.29, 0.717) is 23.5 Å². The van der Waals surface area contributed by atoms with Crippen molar-refractivity contribution in [2.24, 2.45) is 0 Å². The number of thiazole rings is 1. The lowest BCUT2D eigenvalue weighted by Gasteiger charge is -2.42. The van der Waals surface area contributed by atoms with Crippen LogP contribution in [0.25, 0.3) is 27.6 Å². The number of fused-ring (bicyclic) bond motifs is 3. The Bertz CT molecular complexity index is 1390. The summed E-state index contributed by atoms with van der Waals surface area (Å²) in [5.74, 6) is 0.925. The topological polar surface area (TPSA) is 87.5 Å². The fourth-order valence-electron chi connectivity index (χ4n) is 6.07. The van der Waals surface area contributed by atoms with Gasteiger partial charge in [-0.1, -0.05) is 25.2 Å². The predicted octanol–water partition coefficient (Wildman–Crippen LogP) is 4.44. The zero-order valence-electron chi connectivity index (χ0n) is 21.1. The zero-order valence-corrected chi connectivity index (χ0v) is 21.9. The van der Waals surface area contributed by atoms with E-state index in [9.17, 15) is 0 Å². The summed E-state index contributed by atoms with van der Waals surface area (Å²) in [5.41, 5.74) is 4.89. The molecule has 0 spiro atoms. The van der Waals surface area contributed by atoms with E-state index < -0.39 is 0 Å². The number of H-pyrrole nitrogens is 1. The molecule has 2 aliphatic rings. The van der Waals surface area contributed by atoms with Gasteiger partial charge in [-0.25, -0.2) is 14.5 Å². The maximum atomic E-state index is 5.57. The van der Waals surface area contributed by atoms with Gasteiger partial charge in [0.15, 0.2) is 11.4 Å². The molecule has 10 heteroatoms. The molecule has 2 saturated heterocycles. The number of aromatic nitrogens is 6. The van der Waals surface area contributed by atoms with E-state index >= 15 is 0 Å². The van der Waals surface area contributed by atoms with Crippen molar-refractivity contribution >= 4 is 22.0 Å². The number of ether oxygens (including phenoxy) is 1. The fourth-order valence-corrected chi connectivity index (χ4v) is 7.07. The van der Waals surface area contributed by atoms with Gasteiger partial charge in [0.25, 0.3) is 0 Å². The standard InChI is InChI=1S/C25H32N8OS/c1-14(2)20-21(16-7-18(34-6)23-27-13-28-33(23)10-16)29-30-22(20)24-26-9-19(35-24)31-12-25(5)8-17(31)11-32(25)15(3)4/h7,9-10,13-15,17H,8,11-12H2,1-6H3,(H,29,30)/t17-,25-/m0/s1. The third kappa shape index (κ3) is 3.45. The second-order valence-electron chi connectivity index (χ2n) is 10.6. The molecular formula is C25H32N8OS. The number of nitrogens with one attached hydrogen (secondary N) is 1. The van der Waals surface area contributed by atoms with Crippen LogP contribution in [-0.2, 0) is 0 Å². The first-order chi connectivity index (χ1) is 16.8. The molecule has 4 aromatic rings. The molecule has 0 aromatic carbocycles. The van der Waals surface area contributed by atoms with Crippen LogP contribution in [0, 0.1) is 0 Å². The highest BCUT2D eigenvalue weighted by molar-refractivity contribution is 7.18. The lowest BCUT2D eigenvalue weighted by Crippen LogP contribution is -2.54. The molecule has 0 unspecified atom stereocenters. The van der Waals surface area contributed by atoms with Gasteiger partial charge in [0.2, 0.25) is 0 Å². The minimum atomic E-state index is 0.242. The molecule has 2 atom stereocenters. The fraction of sp³-hybridized carbons (Fsp3) is 0.520. The zero-order chi connectivity index (χ0) is 24.5. The van der Waals surface area contributed by atoms with E-state index in [1.807, 2.05) is 18.5 Å². The van der Waals surface area contributed by atoms with Gasteiger partial charge in [0.05, 0.1) is 24.7 Å². The molecule has 0 radical (unpaired) electrons. The molecule has 1 N–H and O–H groups in total. The SMILES string of the molecule is COc1cc(-c2n[nH]c(-c3ncc(N4C[C@]5(C)C[C@H]4CN5C(C)C)s3)c2C(C)C)cn2ncnc12. The number of anilines is 1. The average molecular weight is 493 g/mol. The summed E-state index contributed by atoms with van der Waals surface area (Å²) >= 11 is 1.76. The summed E-state index contributed by atoms with van der Waals surface area (Å²) in [4.78, 5) is 14.4. The first-order valence-electron chi connectivity index (χ1n) is 12.2. The van der Waals surface area contributed by atoms with E-state index in [0.717, 1.165) is 40.6 Å². The van der Waals surface area contributed by atoms with Crippen LogP contribution in [0.1, 0.15) is 52.5 Å². The number of hydrogen-bond acceptors (Lipinski definition) is 8. The first kappa shape index (κ1) is 22.5. The number of piperazine rings is 1. The molecule has 6 rings (SSSR count). The monoisotopic (exact) mass is 492 g/mol. The molecule has 2 bridgehead atoms. The van der Waals surface area contributed by atoms with E-state index in [1.165, 1.54) is 17.7 Å². The van der Waals surface area contributed by atoms with Gasteiger partial charge in [0.1, 0.15) is 16.3 Å². The Morgan fingerprint density at radius 3 is 2.74 bits per heavy atom. The van der Waals surface area contributed by atoms with Crippen molar-refractivity contribution in [2.45, 2.75) is 64.6 Å². The number of rotatable bonds is 6. The lowest BCUT2D eigenvalue weighted by molar-refractivity contribution is 0.116. The molecule has 9 nitrogen and oxygen atoms in total. The van der Waals surface area contributed by atoms with Crippen molar-refractivity contribution < 1.29 is 4.74 Å². The summed E-state index contributed by atoms with van der Waals surface area (Å²) in [6.07, 6.45) is 6.74. The van der Waals surface area contributed by atoms with Crippen LogP contribution in [0.4, 0.5) is 5.00 Å². The number of likely N-dealkylation sites (tertiary alicyclic amines) is 1. The van der Waals surface area contributed by atoms with Gasteiger partial charge < -0.3 is 9.64 Å². The summed E-state index contributed by atoms with van der Waals surface area (Å²) < 4.78 is 7.31. The van der Waals surface area contributed by atoms with Crippen LogP contribution in [0.5, 0.6) is 5.75 Å². The molecule has 0 aliphatic carbocycles. The van der Waals surface area contributed by atoms with Crippen LogP contribution < -0.4 is 9.64 Å². The molecule has 6 heterocycles. The van der Waals surface area contributed by atoms with Crippen LogP contribution in [0.3, 0.4) is 0 Å². The third-order valence-corrected chi connectivity index (χ3v) is 8.61. The van der Waals surface area contributed by atoms with Gasteiger partial charge in [-0.3, -0.25) is 10.00 Å². The molecule has 2 fully saturated rings. The summed E-state index contributed by atoms with van der Waals surface area (Å²) in [6.45, 7) is 13.6. The normalized spacial score (nSPS) is 22.4. The molecule has 2 aliphatic heterocycles. The third-order valence-electron chi connectivity index (χ3n) is 7.56. The van der Waals surface area contributed by atoms with Crippen LogP contribution in [0.15, 0.2) is 24.8 Å². The van der Waals surface area contributed by atoms with Crippen molar-refractivity contribution in [3.8, 4) is 27.7 Å². The minimum Gasteiger partial charge on any atom is -0.493 e. The molecular weight excluding hydrogens is 460 g/mol. The Morgan fingerprint density at radius 2 is 2.06 bits per heavy atom. The number of pyridine rings is 1. The van der Waals surface area contributed by atoms with E-state index in [1.54, 1.807) is 23.0 Å². The summed E-state index contributed by atoms with van der Waals surface area (Å²) in [7, 11) is 1.65. The molecule has 4 aromatic heterocycles. The summed E-state index contributed by atoms with van der Waals surface area (Å²) in [6, 6.07) is 3.11. The molecule has 35 heavy (non-hydrogen) atoms.